The number of carbonyl (C=O) groups excluding carboxylic acids is 3. The molecule has 0 spiro atoms. The molecular formula is C17H21NO5. The van der Waals surface area contributed by atoms with Crippen molar-refractivity contribution in [2.45, 2.75) is 46.3 Å². The summed E-state index contributed by atoms with van der Waals surface area (Å²) >= 11 is 0. The number of Topliss-reactive ketones (excluding diaryl/α,β-unsaturated/α-hetero) is 1. The highest BCUT2D eigenvalue weighted by Gasteiger charge is 2.33. The van der Waals surface area contributed by atoms with E-state index >= 15 is 0 Å². The van der Waals surface area contributed by atoms with Gasteiger partial charge in [-0.05, 0) is 39.0 Å². The topological polar surface area (TPSA) is 72.9 Å². The Kier molecular flexibility index (Phi) is 5.03. The summed E-state index contributed by atoms with van der Waals surface area (Å²) in [7, 11) is 0. The van der Waals surface area contributed by atoms with E-state index in [0.717, 1.165) is 0 Å². The quantitative estimate of drug-likeness (QED) is 0.615. The van der Waals surface area contributed by atoms with Gasteiger partial charge in [-0.3, -0.25) is 19.3 Å². The van der Waals surface area contributed by atoms with Gasteiger partial charge in [0.15, 0.2) is 11.9 Å². The Labute approximate surface area is 135 Å². The van der Waals surface area contributed by atoms with Crippen LogP contribution in [0.3, 0.4) is 0 Å². The summed E-state index contributed by atoms with van der Waals surface area (Å²) in [5, 5.41) is 0. The Hall–Kier alpha value is -2.37. The first-order valence-corrected chi connectivity index (χ1v) is 7.68. The van der Waals surface area contributed by atoms with Gasteiger partial charge in [0.1, 0.15) is 12.3 Å². The summed E-state index contributed by atoms with van der Waals surface area (Å²) in [5.41, 5.74) is 0.910. The van der Waals surface area contributed by atoms with Crippen molar-refractivity contribution in [1.82, 2.24) is 0 Å². The summed E-state index contributed by atoms with van der Waals surface area (Å²) < 4.78 is 10.7. The number of fused-ring (bicyclic) bond motifs is 1. The van der Waals surface area contributed by atoms with E-state index < -0.39 is 12.1 Å². The van der Waals surface area contributed by atoms with E-state index in [9.17, 15) is 14.4 Å². The minimum absolute atomic E-state index is 0.0384. The first-order chi connectivity index (χ1) is 10.8. The number of hydrogen-bond donors (Lipinski definition) is 0. The fraction of sp³-hybridized carbons (Fsp3) is 0.471. The molecule has 1 atom stereocenters. The Morgan fingerprint density at radius 2 is 2.04 bits per heavy atom. The van der Waals surface area contributed by atoms with Crippen molar-refractivity contribution in [3.05, 3.63) is 23.8 Å². The number of benzene rings is 1. The zero-order chi connectivity index (χ0) is 17.1. The predicted octanol–water partition coefficient (Wildman–Crippen LogP) is 2.34. The van der Waals surface area contributed by atoms with E-state index in [-0.39, 0.29) is 24.3 Å². The average molecular weight is 319 g/mol. The van der Waals surface area contributed by atoms with Gasteiger partial charge in [0.05, 0.1) is 11.8 Å². The van der Waals surface area contributed by atoms with Gasteiger partial charge in [0.2, 0.25) is 0 Å². The number of ether oxygens (including phenoxy) is 2. The van der Waals surface area contributed by atoms with E-state index in [2.05, 4.69) is 0 Å². The van der Waals surface area contributed by atoms with Crippen LogP contribution in [0, 0.1) is 0 Å². The molecule has 0 saturated carbocycles. The van der Waals surface area contributed by atoms with E-state index in [1.54, 1.807) is 45.9 Å². The standard InChI is InChI=1S/C17H21NO5/c1-5-14(19)12-6-7-15-13(8-12)18(17(21)11(4)23-15)9-16(20)22-10(2)3/h6-8,10-11H,5,9H2,1-4H3. The molecule has 6 nitrogen and oxygen atoms in total. The number of amides is 1. The number of esters is 1. The lowest BCUT2D eigenvalue weighted by Crippen LogP contribution is -2.47. The third-order valence-electron chi connectivity index (χ3n) is 3.46. The molecule has 0 fully saturated rings. The summed E-state index contributed by atoms with van der Waals surface area (Å²) in [6, 6.07) is 4.91. The maximum atomic E-state index is 12.4. The van der Waals surface area contributed by atoms with Crippen LogP contribution in [-0.4, -0.2) is 36.4 Å². The molecule has 124 valence electrons. The van der Waals surface area contributed by atoms with Gasteiger partial charge in [-0.15, -0.1) is 0 Å². The van der Waals surface area contributed by atoms with Gasteiger partial charge in [-0.2, -0.15) is 0 Å². The van der Waals surface area contributed by atoms with Gasteiger partial charge in [0, 0.05) is 12.0 Å². The molecule has 0 saturated heterocycles. The van der Waals surface area contributed by atoms with Crippen LogP contribution in [0.25, 0.3) is 0 Å². The molecule has 0 N–H and O–H groups in total. The minimum Gasteiger partial charge on any atom is -0.479 e. The van der Waals surface area contributed by atoms with Crippen molar-refractivity contribution < 1.29 is 23.9 Å². The molecular weight excluding hydrogens is 298 g/mol. The number of nitrogens with zero attached hydrogens (tertiary/aromatic N) is 1. The summed E-state index contributed by atoms with van der Waals surface area (Å²) in [5.74, 6) is -0.398. The summed E-state index contributed by atoms with van der Waals surface area (Å²) in [6.07, 6.45) is -0.593. The van der Waals surface area contributed by atoms with Crippen LogP contribution in [0.2, 0.25) is 0 Å². The van der Waals surface area contributed by atoms with Crippen molar-refractivity contribution >= 4 is 23.3 Å². The molecule has 23 heavy (non-hydrogen) atoms. The van der Waals surface area contributed by atoms with Gasteiger partial charge < -0.3 is 9.47 Å². The lowest BCUT2D eigenvalue weighted by Gasteiger charge is -2.32. The Morgan fingerprint density at radius 1 is 1.35 bits per heavy atom. The molecule has 2 rings (SSSR count). The first-order valence-electron chi connectivity index (χ1n) is 7.68. The molecule has 1 unspecified atom stereocenters. The van der Waals surface area contributed by atoms with Crippen molar-refractivity contribution in [1.29, 1.82) is 0 Å². The SMILES string of the molecule is CCC(=O)c1ccc2c(c1)N(CC(=O)OC(C)C)C(=O)C(C)O2. The zero-order valence-corrected chi connectivity index (χ0v) is 13.8. The van der Waals surface area contributed by atoms with Crippen molar-refractivity contribution in [3.8, 4) is 5.75 Å². The van der Waals surface area contributed by atoms with Crippen molar-refractivity contribution in [2.75, 3.05) is 11.4 Å². The van der Waals surface area contributed by atoms with Gasteiger partial charge >= 0.3 is 5.97 Å². The smallest absolute Gasteiger partial charge is 0.326 e. The number of rotatable bonds is 5. The maximum absolute atomic E-state index is 12.4. The Morgan fingerprint density at radius 3 is 2.65 bits per heavy atom. The number of carbonyl (C=O) groups is 3. The number of hydrogen-bond acceptors (Lipinski definition) is 5. The summed E-state index contributed by atoms with van der Waals surface area (Å²) in [4.78, 5) is 37.5. The Bertz CT molecular complexity index is 638. The zero-order valence-electron chi connectivity index (χ0n) is 13.8. The van der Waals surface area contributed by atoms with E-state index in [4.69, 9.17) is 9.47 Å². The van der Waals surface area contributed by atoms with Gasteiger partial charge in [-0.1, -0.05) is 6.92 Å². The Balaban J connectivity index is 2.36. The van der Waals surface area contributed by atoms with Crippen molar-refractivity contribution in [2.24, 2.45) is 0 Å². The lowest BCUT2D eigenvalue weighted by atomic mass is 10.1. The molecule has 1 aliphatic heterocycles. The van der Waals surface area contributed by atoms with Gasteiger partial charge in [0.25, 0.3) is 5.91 Å². The molecule has 1 aromatic rings. The van der Waals surface area contributed by atoms with Crippen LogP contribution in [0.5, 0.6) is 5.75 Å². The van der Waals surface area contributed by atoms with Crippen LogP contribution in [0.4, 0.5) is 5.69 Å². The molecule has 0 bridgehead atoms. The second-order valence-corrected chi connectivity index (χ2v) is 5.68. The normalized spacial score (nSPS) is 16.8. The first kappa shape index (κ1) is 17.0. The second-order valence-electron chi connectivity index (χ2n) is 5.68. The van der Waals surface area contributed by atoms with Crippen LogP contribution in [0.1, 0.15) is 44.5 Å². The third-order valence-corrected chi connectivity index (χ3v) is 3.46. The largest absolute Gasteiger partial charge is 0.479 e. The molecule has 1 aliphatic rings. The van der Waals surface area contributed by atoms with Crippen LogP contribution < -0.4 is 9.64 Å². The number of anilines is 1. The molecule has 0 aromatic heterocycles. The van der Waals surface area contributed by atoms with E-state index in [0.29, 0.717) is 23.4 Å². The lowest BCUT2D eigenvalue weighted by molar-refractivity contribution is -0.146. The molecule has 1 amide bonds. The third kappa shape index (κ3) is 3.70. The van der Waals surface area contributed by atoms with E-state index in [1.807, 2.05) is 0 Å². The maximum Gasteiger partial charge on any atom is 0.326 e. The van der Waals surface area contributed by atoms with Crippen LogP contribution >= 0.6 is 0 Å². The van der Waals surface area contributed by atoms with Gasteiger partial charge in [-0.25, -0.2) is 0 Å². The molecule has 1 heterocycles. The van der Waals surface area contributed by atoms with E-state index in [1.165, 1.54) is 4.90 Å². The molecule has 1 aromatic carbocycles. The summed E-state index contributed by atoms with van der Waals surface area (Å²) in [6.45, 7) is 6.67. The second kappa shape index (κ2) is 6.81. The number of ketones is 1. The molecule has 0 radical (unpaired) electrons. The average Bonchev–Trinajstić information content (AvgIpc) is 2.50. The molecule has 6 heteroatoms. The monoisotopic (exact) mass is 319 g/mol. The van der Waals surface area contributed by atoms with Crippen LogP contribution in [0.15, 0.2) is 18.2 Å². The predicted molar refractivity (Wildman–Crippen MR) is 84.7 cm³/mol. The highest BCUT2D eigenvalue weighted by molar-refractivity contribution is 6.05. The fourth-order valence-corrected chi connectivity index (χ4v) is 2.38. The van der Waals surface area contributed by atoms with Crippen LogP contribution in [-0.2, 0) is 14.3 Å². The van der Waals surface area contributed by atoms with Crippen molar-refractivity contribution in [3.63, 3.8) is 0 Å². The highest BCUT2D eigenvalue weighted by Crippen LogP contribution is 2.35. The molecule has 0 aliphatic carbocycles. The fourth-order valence-electron chi connectivity index (χ4n) is 2.38. The minimum atomic E-state index is -0.693. The highest BCUT2D eigenvalue weighted by atomic mass is 16.5.